The summed E-state index contributed by atoms with van der Waals surface area (Å²) in [5.74, 6) is 1.08. The van der Waals surface area contributed by atoms with Crippen LogP contribution in [0.2, 0.25) is 0 Å². The van der Waals surface area contributed by atoms with Crippen LogP contribution in [0.15, 0.2) is 18.2 Å². The van der Waals surface area contributed by atoms with E-state index in [9.17, 15) is 4.39 Å². The van der Waals surface area contributed by atoms with Crippen LogP contribution in [0.1, 0.15) is 25.3 Å². The molecule has 0 aliphatic heterocycles. The molecule has 2 nitrogen and oxygen atoms in total. The van der Waals surface area contributed by atoms with E-state index in [1.54, 1.807) is 6.07 Å². The van der Waals surface area contributed by atoms with Crippen molar-refractivity contribution >= 4 is 0 Å². The molecule has 2 rings (SSSR count). The third kappa shape index (κ3) is 2.44. The maximum absolute atomic E-state index is 14.0. The zero-order chi connectivity index (χ0) is 12.4. The van der Waals surface area contributed by atoms with Crippen molar-refractivity contribution < 1.29 is 9.13 Å². The number of rotatable bonds is 3. The Bertz CT molecular complexity index is 394. The molecule has 94 valence electrons. The fourth-order valence-corrected chi connectivity index (χ4v) is 2.72. The van der Waals surface area contributed by atoms with E-state index in [1.165, 1.54) is 7.11 Å². The van der Waals surface area contributed by atoms with E-state index in [2.05, 4.69) is 6.92 Å². The first-order valence-electron chi connectivity index (χ1n) is 6.20. The van der Waals surface area contributed by atoms with Gasteiger partial charge in [-0.1, -0.05) is 19.1 Å². The Kier molecular flexibility index (Phi) is 3.67. The third-order valence-corrected chi connectivity index (χ3v) is 4.03. The minimum absolute atomic E-state index is 0.220. The van der Waals surface area contributed by atoms with Crippen molar-refractivity contribution in [3.63, 3.8) is 0 Å². The van der Waals surface area contributed by atoms with Gasteiger partial charge in [0.15, 0.2) is 11.6 Å². The minimum atomic E-state index is -0.220. The molecule has 1 fully saturated rings. The van der Waals surface area contributed by atoms with Gasteiger partial charge in [-0.2, -0.15) is 0 Å². The number of hydrogen-bond acceptors (Lipinski definition) is 2. The molecule has 1 aliphatic carbocycles. The second-order valence-electron chi connectivity index (χ2n) is 5.00. The van der Waals surface area contributed by atoms with Crippen molar-refractivity contribution in [3.05, 3.63) is 29.6 Å². The summed E-state index contributed by atoms with van der Waals surface area (Å²) in [4.78, 5) is 0. The normalized spacial score (nSPS) is 28.4. The van der Waals surface area contributed by atoms with Crippen molar-refractivity contribution in [2.75, 3.05) is 7.11 Å². The molecule has 1 saturated carbocycles. The molecule has 3 atom stereocenters. The fourth-order valence-electron chi connectivity index (χ4n) is 2.72. The zero-order valence-electron chi connectivity index (χ0n) is 10.4. The lowest BCUT2D eigenvalue weighted by Gasteiger charge is -2.18. The molecule has 1 aliphatic rings. The highest BCUT2D eigenvalue weighted by Crippen LogP contribution is 2.34. The lowest BCUT2D eigenvalue weighted by atomic mass is 9.89. The molecule has 0 bridgehead atoms. The largest absolute Gasteiger partial charge is 0.494 e. The van der Waals surface area contributed by atoms with Gasteiger partial charge in [-0.25, -0.2) is 4.39 Å². The van der Waals surface area contributed by atoms with Gasteiger partial charge in [0, 0.05) is 6.04 Å². The van der Waals surface area contributed by atoms with Crippen molar-refractivity contribution in [1.82, 2.24) is 0 Å². The van der Waals surface area contributed by atoms with Crippen LogP contribution in [-0.2, 0) is 6.42 Å². The highest BCUT2D eigenvalue weighted by molar-refractivity contribution is 5.31. The van der Waals surface area contributed by atoms with E-state index >= 15 is 0 Å². The molecule has 3 unspecified atom stereocenters. The lowest BCUT2D eigenvalue weighted by molar-refractivity contribution is 0.368. The second kappa shape index (κ2) is 5.05. The van der Waals surface area contributed by atoms with Gasteiger partial charge in [-0.15, -0.1) is 0 Å². The summed E-state index contributed by atoms with van der Waals surface area (Å²) in [5.41, 5.74) is 6.74. The standard InChI is InChI=1S/C14H20FNO/c1-9-10(6-7-12(9)16)8-11-4-3-5-13(17-2)14(11)15/h3-5,9-10,12H,6-8,16H2,1-2H3. The van der Waals surface area contributed by atoms with Crippen LogP contribution in [0.3, 0.4) is 0 Å². The van der Waals surface area contributed by atoms with Crippen molar-refractivity contribution in [3.8, 4) is 5.75 Å². The Morgan fingerprint density at radius 3 is 2.76 bits per heavy atom. The average Bonchev–Trinajstić information content (AvgIpc) is 2.64. The molecule has 0 heterocycles. The molecule has 0 spiro atoms. The molecular formula is C14H20FNO. The summed E-state index contributed by atoms with van der Waals surface area (Å²) in [6, 6.07) is 5.61. The molecule has 0 radical (unpaired) electrons. The smallest absolute Gasteiger partial charge is 0.168 e. The second-order valence-corrected chi connectivity index (χ2v) is 5.00. The van der Waals surface area contributed by atoms with Gasteiger partial charge in [-0.3, -0.25) is 0 Å². The summed E-state index contributed by atoms with van der Waals surface area (Å²) in [7, 11) is 1.50. The van der Waals surface area contributed by atoms with E-state index in [4.69, 9.17) is 10.5 Å². The summed E-state index contributed by atoms with van der Waals surface area (Å²) in [6.07, 6.45) is 2.91. The minimum Gasteiger partial charge on any atom is -0.494 e. The molecule has 2 N–H and O–H groups in total. The lowest BCUT2D eigenvalue weighted by Crippen LogP contribution is -2.25. The maximum Gasteiger partial charge on any atom is 0.168 e. The number of methoxy groups -OCH3 is 1. The van der Waals surface area contributed by atoms with Gasteiger partial charge in [0.05, 0.1) is 7.11 Å². The first-order valence-corrected chi connectivity index (χ1v) is 6.20. The van der Waals surface area contributed by atoms with E-state index in [0.717, 1.165) is 24.8 Å². The van der Waals surface area contributed by atoms with Crippen LogP contribution >= 0.6 is 0 Å². The highest BCUT2D eigenvalue weighted by atomic mass is 19.1. The maximum atomic E-state index is 14.0. The summed E-state index contributed by atoms with van der Waals surface area (Å²) in [6.45, 7) is 2.17. The highest BCUT2D eigenvalue weighted by Gasteiger charge is 2.30. The first-order chi connectivity index (χ1) is 8.13. The van der Waals surface area contributed by atoms with Crippen LogP contribution in [0.5, 0.6) is 5.75 Å². The molecule has 0 saturated heterocycles. The van der Waals surface area contributed by atoms with Crippen LogP contribution < -0.4 is 10.5 Å². The Balaban J connectivity index is 2.14. The molecule has 0 aromatic heterocycles. The van der Waals surface area contributed by atoms with Crippen LogP contribution in [0.4, 0.5) is 4.39 Å². The average molecular weight is 237 g/mol. The summed E-state index contributed by atoms with van der Waals surface area (Å²) >= 11 is 0. The zero-order valence-corrected chi connectivity index (χ0v) is 10.4. The Morgan fingerprint density at radius 2 is 2.18 bits per heavy atom. The van der Waals surface area contributed by atoms with E-state index < -0.39 is 0 Å². The van der Waals surface area contributed by atoms with Crippen molar-refractivity contribution in [1.29, 1.82) is 0 Å². The van der Waals surface area contributed by atoms with Crippen molar-refractivity contribution in [2.24, 2.45) is 17.6 Å². The number of hydrogen-bond donors (Lipinski definition) is 1. The molecule has 1 aromatic carbocycles. The summed E-state index contributed by atoms with van der Waals surface area (Å²) < 4.78 is 19.0. The Labute approximate surface area is 102 Å². The summed E-state index contributed by atoms with van der Waals surface area (Å²) in [5, 5.41) is 0. The van der Waals surface area contributed by atoms with Gasteiger partial charge in [0.1, 0.15) is 0 Å². The van der Waals surface area contributed by atoms with E-state index in [0.29, 0.717) is 17.6 Å². The number of benzene rings is 1. The monoisotopic (exact) mass is 237 g/mol. The third-order valence-electron chi connectivity index (χ3n) is 4.03. The van der Waals surface area contributed by atoms with Gasteiger partial charge in [-0.05, 0) is 42.7 Å². The first kappa shape index (κ1) is 12.4. The quantitative estimate of drug-likeness (QED) is 0.877. The number of halogens is 1. The SMILES string of the molecule is COc1cccc(CC2CCC(N)C2C)c1F. The van der Waals surface area contributed by atoms with E-state index in [1.807, 2.05) is 12.1 Å². The number of ether oxygens (including phenoxy) is 1. The number of nitrogens with two attached hydrogens (primary N) is 1. The Hall–Kier alpha value is -1.09. The van der Waals surface area contributed by atoms with Gasteiger partial charge in [0.25, 0.3) is 0 Å². The van der Waals surface area contributed by atoms with Crippen LogP contribution in [0, 0.1) is 17.7 Å². The molecule has 3 heteroatoms. The van der Waals surface area contributed by atoms with E-state index in [-0.39, 0.29) is 11.9 Å². The molecule has 0 amide bonds. The molecule has 1 aromatic rings. The molecular weight excluding hydrogens is 217 g/mol. The van der Waals surface area contributed by atoms with Crippen LogP contribution in [0.25, 0.3) is 0 Å². The van der Waals surface area contributed by atoms with Gasteiger partial charge >= 0.3 is 0 Å². The Morgan fingerprint density at radius 1 is 1.41 bits per heavy atom. The van der Waals surface area contributed by atoms with Crippen molar-refractivity contribution in [2.45, 2.75) is 32.2 Å². The van der Waals surface area contributed by atoms with Gasteiger partial charge < -0.3 is 10.5 Å². The predicted molar refractivity (Wildman–Crippen MR) is 66.5 cm³/mol. The van der Waals surface area contributed by atoms with Gasteiger partial charge in [0.2, 0.25) is 0 Å². The topological polar surface area (TPSA) is 35.2 Å². The van der Waals surface area contributed by atoms with Crippen LogP contribution in [-0.4, -0.2) is 13.2 Å². The predicted octanol–water partition coefficient (Wildman–Crippen LogP) is 2.75. The fraction of sp³-hybridized carbons (Fsp3) is 0.571. The molecule has 17 heavy (non-hydrogen) atoms.